The number of amides is 3. The molecule has 140 valence electrons. The van der Waals surface area contributed by atoms with Crippen LogP contribution in [0.5, 0.6) is 0 Å². The molecule has 3 atom stereocenters. The maximum atomic E-state index is 12.3. The number of carbonyl (C=O) groups excluding carboxylic acids is 2. The average Bonchev–Trinajstić information content (AvgIpc) is 3.11. The van der Waals surface area contributed by atoms with Gasteiger partial charge in [-0.3, -0.25) is 19.6 Å². The van der Waals surface area contributed by atoms with E-state index >= 15 is 0 Å². The molecule has 2 bridgehead atoms. The molecule has 13 heteroatoms. The van der Waals surface area contributed by atoms with Gasteiger partial charge in [0.2, 0.25) is 0 Å². The molecule has 3 aliphatic rings. The third-order valence-electron chi connectivity index (χ3n) is 4.49. The van der Waals surface area contributed by atoms with Gasteiger partial charge in [-0.2, -0.15) is 13.5 Å². The van der Waals surface area contributed by atoms with E-state index in [4.69, 9.17) is 14.8 Å². The van der Waals surface area contributed by atoms with E-state index in [1.165, 1.54) is 11.2 Å². The van der Waals surface area contributed by atoms with Gasteiger partial charge in [-0.25, -0.2) is 10.3 Å². The Morgan fingerprint density at radius 1 is 1.32 bits per heavy atom. The fourth-order valence-electron chi connectivity index (χ4n) is 3.28. The number of carbonyl (C=O) groups is 2. The van der Waals surface area contributed by atoms with Crippen molar-refractivity contribution in [2.45, 2.75) is 37.5 Å². The second-order valence-corrected chi connectivity index (χ2v) is 7.13. The van der Waals surface area contributed by atoms with Gasteiger partial charge < -0.3 is 9.80 Å². The van der Waals surface area contributed by atoms with Crippen molar-refractivity contribution in [1.29, 1.82) is 5.41 Å². The fourth-order valence-corrected chi connectivity index (χ4v) is 3.67. The van der Waals surface area contributed by atoms with Crippen molar-refractivity contribution < 1.29 is 31.7 Å². The zero-order chi connectivity index (χ0) is 18.2. The summed E-state index contributed by atoms with van der Waals surface area (Å²) >= 11 is 0. The Balaban J connectivity index is 1.56. The van der Waals surface area contributed by atoms with Gasteiger partial charge >= 0.3 is 16.4 Å². The Kier molecular flexibility index (Phi) is 4.81. The number of fused-ring (bicyclic) bond motifs is 2. The van der Waals surface area contributed by atoms with E-state index in [0.29, 0.717) is 37.4 Å². The van der Waals surface area contributed by atoms with Crippen LogP contribution >= 0.6 is 0 Å². The smallest absolute Gasteiger partial charge is 0.360 e. The van der Waals surface area contributed by atoms with Gasteiger partial charge in [0.25, 0.3) is 5.91 Å². The fraction of sp³-hybridized carbons (Fsp3) is 0.750. The second kappa shape index (κ2) is 6.74. The third-order valence-corrected chi connectivity index (χ3v) is 4.83. The maximum Gasteiger partial charge on any atom is 0.418 e. The predicted molar refractivity (Wildman–Crippen MR) is 81.4 cm³/mol. The van der Waals surface area contributed by atoms with Crippen molar-refractivity contribution in [2.75, 3.05) is 19.6 Å². The summed E-state index contributed by atoms with van der Waals surface area (Å²) in [6.45, 7) is 1.29. The van der Waals surface area contributed by atoms with Gasteiger partial charge in [0, 0.05) is 19.6 Å². The minimum atomic E-state index is -4.82. The molecule has 3 heterocycles. The van der Waals surface area contributed by atoms with Crippen LogP contribution in [-0.4, -0.2) is 83.9 Å². The van der Waals surface area contributed by atoms with Crippen LogP contribution in [0.2, 0.25) is 0 Å². The Bertz CT molecular complexity index is 671. The lowest BCUT2D eigenvalue weighted by Crippen LogP contribution is -2.50. The van der Waals surface area contributed by atoms with Gasteiger partial charge in [-0.1, -0.05) is 0 Å². The quantitative estimate of drug-likeness (QED) is 0.224. The number of hydrogen-bond acceptors (Lipinski definition) is 7. The van der Waals surface area contributed by atoms with E-state index in [0.717, 1.165) is 0 Å². The topological polar surface area (TPSA) is 153 Å². The molecule has 25 heavy (non-hydrogen) atoms. The monoisotopic (exact) mass is 377 g/mol. The Labute approximate surface area is 144 Å². The van der Waals surface area contributed by atoms with Crippen molar-refractivity contribution in [1.82, 2.24) is 20.3 Å². The number of nitrogens with one attached hydrogen (secondary N) is 2. The highest BCUT2D eigenvalue weighted by Crippen LogP contribution is 2.30. The molecule has 0 aliphatic carbocycles. The summed E-state index contributed by atoms with van der Waals surface area (Å²) in [6.07, 6.45) is 2.30. The molecule has 0 radical (unpaired) electrons. The molecule has 3 fully saturated rings. The van der Waals surface area contributed by atoms with Crippen LogP contribution in [0.1, 0.15) is 19.3 Å². The molecule has 3 aliphatic heterocycles. The Morgan fingerprint density at radius 2 is 2.08 bits per heavy atom. The molecule has 3 rings (SSSR count). The van der Waals surface area contributed by atoms with Crippen LogP contribution in [-0.2, 0) is 24.3 Å². The standard InChI is InChI=1S/C12H19N5O7S/c13-7-15-4-3-9(6-15)23-14-11(18)10-2-1-8-5-16(10)12(19)17(8)24-25(20,21)22/h7-10,13H,1-6H2,(H,14,18)(H,20,21,22). The molecule has 0 spiro atoms. The zero-order valence-corrected chi connectivity index (χ0v) is 14.0. The van der Waals surface area contributed by atoms with Crippen molar-refractivity contribution in [2.24, 2.45) is 0 Å². The summed E-state index contributed by atoms with van der Waals surface area (Å²) in [7, 11) is -4.82. The van der Waals surface area contributed by atoms with E-state index in [2.05, 4.69) is 9.76 Å². The number of urea groups is 1. The summed E-state index contributed by atoms with van der Waals surface area (Å²) in [6, 6.07) is -2.15. The molecule has 0 aromatic carbocycles. The Hall–Kier alpha value is -1.96. The predicted octanol–water partition coefficient (Wildman–Crippen LogP) is -1.28. The normalized spacial score (nSPS) is 29.2. The summed E-state index contributed by atoms with van der Waals surface area (Å²) in [5, 5.41) is 7.75. The van der Waals surface area contributed by atoms with E-state index in [-0.39, 0.29) is 12.6 Å². The lowest BCUT2D eigenvalue weighted by molar-refractivity contribution is -0.143. The van der Waals surface area contributed by atoms with Crippen molar-refractivity contribution >= 4 is 28.7 Å². The number of piperidine rings is 1. The average molecular weight is 377 g/mol. The minimum Gasteiger partial charge on any atom is -0.360 e. The maximum absolute atomic E-state index is 12.3. The molecular weight excluding hydrogens is 358 g/mol. The highest BCUT2D eigenvalue weighted by Gasteiger charge is 2.49. The van der Waals surface area contributed by atoms with Gasteiger partial charge in [0.05, 0.1) is 12.4 Å². The van der Waals surface area contributed by atoms with Gasteiger partial charge in [-0.15, -0.1) is 4.28 Å². The largest absolute Gasteiger partial charge is 0.418 e. The third kappa shape index (κ3) is 3.84. The van der Waals surface area contributed by atoms with Crippen molar-refractivity contribution in [3.05, 3.63) is 0 Å². The highest BCUT2D eigenvalue weighted by molar-refractivity contribution is 7.80. The van der Waals surface area contributed by atoms with E-state index in [1.54, 1.807) is 4.90 Å². The summed E-state index contributed by atoms with van der Waals surface area (Å²) in [5.41, 5.74) is 2.34. The minimum absolute atomic E-state index is 0.122. The summed E-state index contributed by atoms with van der Waals surface area (Å²) in [4.78, 5) is 32.8. The Morgan fingerprint density at radius 3 is 2.72 bits per heavy atom. The molecule has 3 unspecified atom stereocenters. The number of likely N-dealkylation sites (tertiary alicyclic amines) is 1. The van der Waals surface area contributed by atoms with Crippen molar-refractivity contribution in [3.63, 3.8) is 0 Å². The molecular formula is C12H19N5O7S. The van der Waals surface area contributed by atoms with Crippen LogP contribution in [0.25, 0.3) is 0 Å². The first-order valence-corrected chi connectivity index (χ1v) is 9.12. The van der Waals surface area contributed by atoms with Crippen molar-refractivity contribution in [3.8, 4) is 0 Å². The van der Waals surface area contributed by atoms with Gasteiger partial charge in [0.15, 0.2) is 0 Å². The SMILES string of the molecule is N=CN1CCC(ONC(=O)C2CCC3CN2C(=O)N3OS(=O)(=O)O)C1. The van der Waals surface area contributed by atoms with Crippen LogP contribution in [0.3, 0.4) is 0 Å². The van der Waals surface area contributed by atoms with Crippen LogP contribution in [0, 0.1) is 5.41 Å². The molecule has 0 aromatic rings. The van der Waals surface area contributed by atoms with Crippen LogP contribution in [0.4, 0.5) is 4.79 Å². The van der Waals surface area contributed by atoms with Gasteiger partial charge in [0.1, 0.15) is 12.1 Å². The molecule has 3 saturated heterocycles. The number of hydroxylamine groups is 3. The van der Waals surface area contributed by atoms with E-state index in [9.17, 15) is 18.0 Å². The first kappa shape index (κ1) is 17.8. The summed E-state index contributed by atoms with van der Waals surface area (Å²) < 4.78 is 34.7. The molecule has 3 N–H and O–H groups in total. The number of rotatable bonds is 6. The highest BCUT2D eigenvalue weighted by atomic mass is 32.3. The molecule has 12 nitrogen and oxygen atoms in total. The second-order valence-electron chi connectivity index (χ2n) is 6.13. The van der Waals surface area contributed by atoms with E-state index < -0.39 is 34.4 Å². The lowest BCUT2D eigenvalue weighted by Gasteiger charge is -2.29. The lowest BCUT2D eigenvalue weighted by atomic mass is 10.0. The van der Waals surface area contributed by atoms with E-state index in [1.807, 2.05) is 0 Å². The first-order valence-electron chi connectivity index (χ1n) is 7.75. The van der Waals surface area contributed by atoms with Gasteiger partial charge in [-0.05, 0) is 19.3 Å². The summed E-state index contributed by atoms with van der Waals surface area (Å²) in [5.74, 6) is -0.506. The molecule has 0 saturated carbocycles. The molecule has 0 aromatic heterocycles. The van der Waals surface area contributed by atoms with Crippen LogP contribution in [0.15, 0.2) is 0 Å². The first-order chi connectivity index (χ1) is 11.8. The molecule has 3 amide bonds. The van der Waals surface area contributed by atoms with Crippen LogP contribution < -0.4 is 5.48 Å². The zero-order valence-electron chi connectivity index (χ0n) is 13.2. The number of nitrogens with zero attached hydrogens (tertiary/aromatic N) is 3. The number of hydrogen-bond donors (Lipinski definition) is 3.